The van der Waals surface area contributed by atoms with Gasteiger partial charge in [-0.1, -0.05) is 46.3 Å². The Hall–Kier alpha value is -2.24. The Kier molecular flexibility index (Phi) is 4.06. The molecule has 1 aliphatic carbocycles. The van der Waals surface area contributed by atoms with Crippen LogP contribution in [-0.4, -0.2) is 23.9 Å². The van der Waals surface area contributed by atoms with E-state index in [1.165, 1.54) is 0 Å². The number of rotatable bonds is 4. The number of fused-ring (bicyclic) bond motifs is 5. The van der Waals surface area contributed by atoms with Crippen molar-refractivity contribution in [2.24, 2.45) is 0 Å². The summed E-state index contributed by atoms with van der Waals surface area (Å²) < 4.78 is 2.60. The number of aromatic nitrogens is 1. The molecule has 4 rings (SSSR count). The van der Waals surface area contributed by atoms with Crippen LogP contribution in [-0.2, 0) is 6.54 Å². The zero-order valence-electron chi connectivity index (χ0n) is 13.8. The van der Waals surface area contributed by atoms with Crippen LogP contribution in [0.15, 0.2) is 51.7 Å². The van der Waals surface area contributed by atoms with Crippen molar-refractivity contribution in [3.8, 4) is 11.3 Å². The van der Waals surface area contributed by atoms with Gasteiger partial charge in [0.1, 0.15) is 0 Å². The number of benzene rings is 2. The first-order chi connectivity index (χ1) is 12.1. The van der Waals surface area contributed by atoms with Crippen molar-refractivity contribution in [2.75, 3.05) is 13.6 Å². The Labute approximate surface area is 153 Å². The van der Waals surface area contributed by atoms with E-state index in [9.17, 15) is 9.59 Å². The fourth-order valence-corrected chi connectivity index (χ4v) is 3.94. The monoisotopic (exact) mass is 396 g/mol. The lowest BCUT2D eigenvalue weighted by Crippen LogP contribution is -2.25. The second-order valence-electron chi connectivity index (χ2n) is 6.20. The van der Waals surface area contributed by atoms with Gasteiger partial charge >= 0.3 is 0 Å². The molecule has 1 aromatic heterocycles. The van der Waals surface area contributed by atoms with Crippen LogP contribution in [0.5, 0.6) is 0 Å². The van der Waals surface area contributed by atoms with Gasteiger partial charge in [-0.05, 0) is 32.1 Å². The first-order valence-corrected chi connectivity index (χ1v) is 9.07. The molecule has 1 aliphatic rings. The fourth-order valence-electron chi connectivity index (χ4n) is 3.58. The molecule has 25 heavy (non-hydrogen) atoms. The highest BCUT2D eigenvalue weighted by Crippen LogP contribution is 2.39. The predicted molar refractivity (Wildman–Crippen MR) is 103 cm³/mol. The van der Waals surface area contributed by atoms with Crippen LogP contribution in [0.2, 0.25) is 0 Å². The van der Waals surface area contributed by atoms with E-state index in [2.05, 4.69) is 21.2 Å². The molecule has 0 atom stereocenters. The Morgan fingerprint density at radius 2 is 1.80 bits per heavy atom. The third-order valence-corrected chi connectivity index (χ3v) is 5.19. The molecule has 1 heterocycles. The molecule has 0 amide bonds. The number of ketones is 1. The van der Waals surface area contributed by atoms with Gasteiger partial charge in [-0.3, -0.25) is 9.59 Å². The van der Waals surface area contributed by atoms with E-state index in [-0.39, 0.29) is 11.3 Å². The summed E-state index contributed by atoms with van der Waals surface area (Å²) in [5.74, 6) is 0.000268. The van der Waals surface area contributed by atoms with E-state index in [0.717, 1.165) is 34.1 Å². The summed E-state index contributed by atoms with van der Waals surface area (Å²) in [6.07, 6.45) is 0.818. The topological polar surface area (TPSA) is 51.1 Å². The molecule has 126 valence electrons. The number of hydrogen-bond donors (Lipinski definition) is 1. The third kappa shape index (κ3) is 2.46. The highest BCUT2D eigenvalue weighted by atomic mass is 79.9. The van der Waals surface area contributed by atoms with Gasteiger partial charge in [0.25, 0.3) is 5.56 Å². The third-order valence-electron chi connectivity index (χ3n) is 4.70. The van der Waals surface area contributed by atoms with Crippen LogP contribution >= 0.6 is 15.9 Å². The minimum absolute atomic E-state index is 0.000268. The normalized spacial score (nSPS) is 12.5. The largest absolute Gasteiger partial charge is 0.320 e. The summed E-state index contributed by atoms with van der Waals surface area (Å²) in [7, 11) is 1.89. The Bertz CT molecular complexity index is 1070. The molecule has 0 bridgehead atoms. The molecule has 1 N–H and O–H groups in total. The maximum atomic E-state index is 13.2. The van der Waals surface area contributed by atoms with Crippen molar-refractivity contribution in [1.29, 1.82) is 0 Å². The van der Waals surface area contributed by atoms with Gasteiger partial charge in [-0.2, -0.15) is 0 Å². The first kappa shape index (κ1) is 16.2. The van der Waals surface area contributed by atoms with Crippen molar-refractivity contribution in [3.63, 3.8) is 0 Å². The highest BCUT2D eigenvalue weighted by Gasteiger charge is 2.32. The fraction of sp³-hybridized carbons (Fsp3) is 0.200. The average Bonchev–Trinajstić information content (AvgIpc) is 2.91. The Balaban J connectivity index is 2.09. The van der Waals surface area contributed by atoms with Crippen LogP contribution < -0.4 is 10.9 Å². The molecule has 4 nitrogen and oxygen atoms in total. The zero-order chi connectivity index (χ0) is 17.6. The molecule has 2 aromatic carbocycles. The molecule has 0 saturated heterocycles. The molecule has 0 radical (unpaired) electrons. The lowest BCUT2D eigenvalue weighted by molar-refractivity contribution is 0.104. The molecular formula is C20H17BrN2O2. The van der Waals surface area contributed by atoms with Gasteiger partial charge in [0.05, 0.1) is 11.3 Å². The number of carbonyl (C=O) groups is 1. The van der Waals surface area contributed by atoms with E-state index < -0.39 is 0 Å². The van der Waals surface area contributed by atoms with Crippen molar-refractivity contribution < 1.29 is 4.79 Å². The Morgan fingerprint density at radius 1 is 1.04 bits per heavy atom. The van der Waals surface area contributed by atoms with Crippen LogP contribution in [0, 0.1) is 0 Å². The van der Waals surface area contributed by atoms with Crippen molar-refractivity contribution >= 4 is 32.5 Å². The van der Waals surface area contributed by atoms with E-state index in [0.29, 0.717) is 23.1 Å². The van der Waals surface area contributed by atoms with Crippen LogP contribution in [0.3, 0.4) is 0 Å². The van der Waals surface area contributed by atoms with Gasteiger partial charge in [-0.15, -0.1) is 0 Å². The van der Waals surface area contributed by atoms with Crippen LogP contribution in [0.25, 0.3) is 22.0 Å². The van der Waals surface area contributed by atoms with Crippen molar-refractivity contribution in [2.45, 2.75) is 13.0 Å². The van der Waals surface area contributed by atoms with Crippen LogP contribution in [0.4, 0.5) is 0 Å². The molecule has 3 aromatic rings. The van der Waals surface area contributed by atoms with Gasteiger partial charge in [0, 0.05) is 32.9 Å². The summed E-state index contributed by atoms with van der Waals surface area (Å²) in [6, 6.07) is 13.1. The second-order valence-corrected chi connectivity index (χ2v) is 7.12. The zero-order valence-corrected chi connectivity index (χ0v) is 15.4. The van der Waals surface area contributed by atoms with Gasteiger partial charge < -0.3 is 9.88 Å². The van der Waals surface area contributed by atoms with Crippen LogP contribution in [0.1, 0.15) is 22.3 Å². The summed E-state index contributed by atoms with van der Waals surface area (Å²) in [4.78, 5) is 26.2. The molecule has 0 saturated carbocycles. The van der Waals surface area contributed by atoms with Gasteiger partial charge in [0.15, 0.2) is 5.78 Å². The molecule has 0 aliphatic heterocycles. The number of hydrogen-bond acceptors (Lipinski definition) is 3. The SMILES string of the molecule is CNCCCn1c2c(c3ccc(Br)cc3c1=O)C(=O)c1ccccc1-2. The molecule has 0 fully saturated rings. The van der Waals surface area contributed by atoms with Gasteiger partial charge in [-0.25, -0.2) is 0 Å². The summed E-state index contributed by atoms with van der Waals surface area (Å²) in [6.45, 7) is 1.39. The maximum absolute atomic E-state index is 13.2. The minimum Gasteiger partial charge on any atom is -0.320 e. The number of nitrogens with one attached hydrogen (secondary N) is 1. The predicted octanol–water partition coefficient (Wildman–Crippen LogP) is 3.58. The van der Waals surface area contributed by atoms with Crippen molar-refractivity contribution in [1.82, 2.24) is 9.88 Å². The Morgan fingerprint density at radius 3 is 2.56 bits per heavy atom. The molecular weight excluding hydrogens is 380 g/mol. The molecule has 0 spiro atoms. The van der Waals surface area contributed by atoms with E-state index in [1.807, 2.05) is 49.5 Å². The number of nitrogens with zero attached hydrogens (tertiary/aromatic N) is 1. The number of halogens is 1. The molecule has 5 heteroatoms. The number of carbonyl (C=O) groups excluding carboxylic acids is 1. The number of pyridine rings is 1. The van der Waals surface area contributed by atoms with Gasteiger partial charge in [0.2, 0.25) is 0 Å². The lowest BCUT2D eigenvalue weighted by atomic mass is 10.0. The maximum Gasteiger partial charge on any atom is 0.258 e. The standard InChI is InChI=1S/C20H17BrN2O2/c1-22-9-4-10-23-18-14-5-2-3-6-15(14)19(24)17(18)13-8-7-12(21)11-16(13)20(23)25/h2-3,5-8,11,22H,4,9-10H2,1H3. The van der Waals surface area contributed by atoms with E-state index >= 15 is 0 Å². The second kappa shape index (κ2) is 6.24. The van der Waals surface area contributed by atoms with Crippen molar-refractivity contribution in [3.05, 3.63) is 68.4 Å². The summed E-state index contributed by atoms with van der Waals surface area (Å²) >= 11 is 3.44. The minimum atomic E-state index is -0.0457. The summed E-state index contributed by atoms with van der Waals surface area (Å²) in [5.41, 5.74) is 2.89. The summed E-state index contributed by atoms with van der Waals surface area (Å²) in [5, 5.41) is 4.42. The first-order valence-electron chi connectivity index (χ1n) is 8.28. The smallest absolute Gasteiger partial charge is 0.258 e. The highest BCUT2D eigenvalue weighted by molar-refractivity contribution is 9.10. The molecule has 0 unspecified atom stereocenters. The average molecular weight is 397 g/mol. The lowest BCUT2D eigenvalue weighted by Gasteiger charge is -2.15. The van der Waals surface area contributed by atoms with E-state index in [1.54, 1.807) is 4.57 Å². The quantitative estimate of drug-likeness (QED) is 0.536. The van der Waals surface area contributed by atoms with E-state index in [4.69, 9.17) is 0 Å².